The van der Waals surface area contributed by atoms with Crippen LogP contribution >= 0.6 is 24.0 Å². The molecular formula is C20H33IN4O2. The number of benzene rings is 1. The van der Waals surface area contributed by atoms with Gasteiger partial charge in [0.05, 0.1) is 6.61 Å². The van der Waals surface area contributed by atoms with Crippen molar-refractivity contribution in [3.8, 4) is 5.75 Å². The quantitative estimate of drug-likeness (QED) is 0.230. The predicted octanol–water partition coefficient (Wildman–Crippen LogP) is 3.03. The average molecular weight is 488 g/mol. The molecule has 1 fully saturated rings. The summed E-state index contributed by atoms with van der Waals surface area (Å²) in [6.45, 7) is 5.33. The number of amides is 1. The molecule has 2 N–H and O–H groups in total. The molecule has 0 aromatic heterocycles. The number of rotatable bonds is 10. The van der Waals surface area contributed by atoms with Gasteiger partial charge in [-0.2, -0.15) is 0 Å². The Kier molecular flexibility index (Phi) is 11.9. The third-order valence-corrected chi connectivity index (χ3v) is 4.64. The molecule has 1 amide bonds. The van der Waals surface area contributed by atoms with Gasteiger partial charge >= 0.3 is 0 Å². The van der Waals surface area contributed by atoms with Crippen molar-refractivity contribution in [1.29, 1.82) is 0 Å². The van der Waals surface area contributed by atoms with Gasteiger partial charge in [-0.3, -0.25) is 9.79 Å². The van der Waals surface area contributed by atoms with E-state index in [9.17, 15) is 4.79 Å². The third kappa shape index (κ3) is 8.36. The number of guanidine groups is 1. The number of ether oxygens (including phenoxy) is 1. The van der Waals surface area contributed by atoms with Crippen molar-refractivity contribution < 1.29 is 9.53 Å². The third-order valence-electron chi connectivity index (χ3n) is 4.64. The smallest absolute Gasteiger partial charge is 0.222 e. The fourth-order valence-electron chi connectivity index (χ4n) is 3.20. The number of para-hydroxylation sites is 1. The fraction of sp³-hybridized carbons (Fsp3) is 0.600. The van der Waals surface area contributed by atoms with Crippen LogP contribution in [0.1, 0.15) is 39.0 Å². The molecule has 0 saturated carbocycles. The van der Waals surface area contributed by atoms with E-state index in [-0.39, 0.29) is 24.0 Å². The highest BCUT2D eigenvalue weighted by atomic mass is 127. The molecule has 7 heteroatoms. The standard InChI is InChI=1S/C20H32N4O2.HI/c1-3-17(24-15-7-11-19(24)25)12-14-23-20(21-2)22-13-8-16-26-18-9-5-4-6-10-18;/h4-6,9-10,17H,3,7-8,11-16H2,1-2H3,(H2,21,22,23);1H. The molecule has 1 atom stereocenters. The van der Waals surface area contributed by atoms with Crippen molar-refractivity contribution in [2.24, 2.45) is 4.99 Å². The highest BCUT2D eigenvalue weighted by Crippen LogP contribution is 2.17. The number of nitrogens with one attached hydrogen (secondary N) is 2. The lowest BCUT2D eigenvalue weighted by atomic mass is 10.1. The van der Waals surface area contributed by atoms with Gasteiger partial charge < -0.3 is 20.3 Å². The van der Waals surface area contributed by atoms with E-state index in [4.69, 9.17) is 4.74 Å². The molecule has 2 rings (SSSR count). The van der Waals surface area contributed by atoms with E-state index in [1.807, 2.05) is 35.2 Å². The molecule has 27 heavy (non-hydrogen) atoms. The van der Waals surface area contributed by atoms with Crippen LogP contribution in [0, 0.1) is 0 Å². The summed E-state index contributed by atoms with van der Waals surface area (Å²) in [5.41, 5.74) is 0. The van der Waals surface area contributed by atoms with Crippen LogP contribution in [-0.2, 0) is 4.79 Å². The topological polar surface area (TPSA) is 66.0 Å². The van der Waals surface area contributed by atoms with E-state index in [1.165, 1.54) is 0 Å². The van der Waals surface area contributed by atoms with Gasteiger partial charge in [0, 0.05) is 39.1 Å². The van der Waals surface area contributed by atoms with Gasteiger partial charge in [0.1, 0.15) is 5.75 Å². The minimum Gasteiger partial charge on any atom is -0.494 e. The number of likely N-dealkylation sites (tertiary alicyclic amines) is 1. The molecule has 1 aromatic carbocycles. The first kappa shape index (κ1) is 23.5. The van der Waals surface area contributed by atoms with Crippen LogP contribution < -0.4 is 15.4 Å². The summed E-state index contributed by atoms with van der Waals surface area (Å²) >= 11 is 0. The molecule has 1 aromatic rings. The first-order valence-electron chi connectivity index (χ1n) is 9.66. The zero-order valence-corrected chi connectivity index (χ0v) is 18.8. The van der Waals surface area contributed by atoms with Gasteiger partial charge in [0.15, 0.2) is 5.96 Å². The molecule has 1 heterocycles. The number of nitrogens with zero attached hydrogens (tertiary/aromatic N) is 2. The Bertz CT molecular complexity index is 568. The summed E-state index contributed by atoms with van der Waals surface area (Å²) in [7, 11) is 1.77. The molecule has 0 bridgehead atoms. The van der Waals surface area contributed by atoms with E-state index < -0.39 is 0 Å². The van der Waals surface area contributed by atoms with Crippen molar-refractivity contribution in [3.05, 3.63) is 30.3 Å². The predicted molar refractivity (Wildman–Crippen MR) is 121 cm³/mol. The Hall–Kier alpha value is -1.51. The zero-order valence-electron chi connectivity index (χ0n) is 16.4. The van der Waals surface area contributed by atoms with Crippen LogP contribution in [0.4, 0.5) is 0 Å². The van der Waals surface area contributed by atoms with Gasteiger partial charge in [0.25, 0.3) is 0 Å². The van der Waals surface area contributed by atoms with E-state index in [1.54, 1.807) is 7.05 Å². The van der Waals surface area contributed by atoms with Crippen molar-refractivity contribution >= 4 is 35.8 Å². The van der Waals surface area contributed by atoms with E-state index in [2.05, 4.69) is 22.5 Å². The molecule has 0 spiro atoms. The first-order chi connectivity index (χ1) is 12.7. The molecule has 152 valence electrons. The second-order valence-electron chi connectivity index (χ2n) is 6.48. The molecule has 1 saturated heterocycles. The van der Waals surface area contributed by atoms with Crippen LogP contribution in [0.2, 0.25) is 0 Å². The van der Waals surface area contributed by atoms with Crippen LogP contribution in [0.5, 0.6) is 5.75 Å². The van der Waals surface area contributed by atoms with Crippen molar-refractivity contribution in [3.63, 3.8) is 0 Å². The number of hydrogen-bond acceptors (Lipinski definition) is 3. The summed E-state index contributed by atoms with van der Waals surface area (Å²) < 4.78 is 5.68. The van der Waals surface area contributed by atoms with Gasteiger partial charge in [-0.1, -0.05) is 25.1 Å². The summed E-state index contributed by atoms with van der Waals surface area (Å²) in [5.74, 6) is 2.00. The Morgan fingerprint density at radius 2 is 2.00 bits per heavy atom. The maximum absolute atomic E-state index is 11.9. The van der Waals surface area contributed by atoms with Gasteiger partial charge in [-0.15, -0.1) is 24.0 Å². The number of carbonyl (C=O) groups is 1. The van der Waals surface area contributed by atoms with Gasteiger partial charge in [-0.05, 0) is 37.8 Å². The Balaban J connectivity index is 0.00000364. The molecular weight excluding hydrogens is 455 g/mol. The Morgan fingerprint density at radius 1 is 1.26 bits per heavy atom. The average Bonchev–Trinajstić information content (AvgIpc) is 3.10. The summed E-state index contributed by atoms with van der Waals surface area (Å²) in [6, 6.07) is 10.2. The minimum atomic E-state index is 0. The van der Waals surface area contributed by atoms with Gasteiger partial charge in [-0.25, -0.2) is 0 Å². The van der Waals surface area contributed by atoms with Crippen molar-refractivity contribution in [2.75, 3.05) is 33.3 Å². The lowest BCUT2D eigenvalue weighted by molar-refractivity contribution is -0.129. The first-order valence-corrected chi connectivity index (χ1v) is 9.66. The van der Waals surface area contributed by atoms with Gasteiger partial charge in [0.2, 0.25) is 5.91 Å². The van der Waals surface area contributed by atoms with E-state index in [0.717, 1.165) is 57.0 Å². The number of hydrogen-bond donors (Lipinski definition) is 2. The number of carbonyl (C=O) groups excluding carboxylic acids is 1. The SMILES string of the molecule is CCC(CCNC(=NC)NCCCOc1ccccc1)N1CCCC1=O.I. The number of aliphatic imine (C=N–C) groups is 1. The molecule has 0 radical (unpaired) electrons. The molecule has 0 aliphatic carbocycles. The van der Waals surface area contributed by atoms with Crippen LogP contribution in [0.25, 0.3) is 0 Å². The second kappa shape index (κ2) is 13.6. The molecule has 1 aliphatic heterocycles. The minimum absolute atomic E-state index is 0. The summed E-state index contributed by atoms with van der Waals surface area (Å²) in [5, 5.41) is 6.65. The largest absolute Gasteiger partial charge is 0.494 e. The highest BCUT2D eigenvalue weighted by molar-refractivity contribution is 14.0. The molecule has 6 nitrogen and oxygen atoms in total. The highest BCUT2D eigenvalue weighted by Gasteiger charge is 2.26. The van der Waals surface area contributed by atoms with E-state index >= 15 is 0 Å². The van der Waals surface area contributed by atoms with Crippen molar-refractivity contribution in [1.82, 2.24) is 15.5 Å². The summed E-state index contributed by atoms with van der Waals surface area (Å²) in [6.07, 6.45) is 4.54. The van der Waals surface area contributed by atoms with Crippen LogP contribution in [-0.4, -0.2) is 56.1 Å². The maximum Gasteiger partial charge on any atom is 0.222 e. The summed E-state index contributed by atoms with van der Waals surface area (Å²) in [4.78, 5) is 18.2. The molecule has 1 unspecified atom stereocenters. The normalized spacial score (nSPS) is 15.3. The lowest BCUT2D eigenvalue weighted by Crippen LogP contribution is -2.42. The fourth-order valence-corrected chi connectivity index (χ4v) is 3.20. The Morgan fingerprint density at radius 3 is 2.63 bits per heavy atom. The lowest BCUT2D eigenvalue weighted by Gasteiger charge is -2.27. The van der Waals surface area contributed by atoms with Crippen molar-refractivity contribution in [2.45, 2.75) is 45.1 Å². The molecule has 1 aliphatic rings. The van der Waals surface area contributed by atoms with Crippen LogP contribution in [0.15, 0.2) is 35.3 Å². The Labute approximate surface area is 180 Å². The zero-order chi connectivity index (χ0) is 18.6. The second-order valence-corrected chi connectivity index (χ2v) is 6.48. The maximum atomic E-state index is 11.9. The monoisotopic (exact) mass is 488 g/mol. The van der Waals surface area contributed by atoms with E-state index in [0.29, 0.717) is 25.0 Å². The van der Waals surface area contributed by atoms with Crippen LogP contribution in [0.3, 0.4) is 0 Å². The number of halogens is 1.